The fourth-order valence-corrected chi connectivity index (χ4v) is 4.00. The minimum Gasteiger partial charge on any atom is -0.294 e. The standard InChI is InChI=1S/C22H21NO3/c1-13(15-6-4-3-5-7-15)10-18-14(2)21(25)23(22(18)26)17-9-8-16-11-20(24)19(16)12-17/h3-9,12-14,18H,10-11H2,1-2H3. The van der Waals surface area contributed by atoms with E-state index in [0.717, 1.165) is 5.56 Å². The molecule has 2 amide bonds. The highest BCUT2D eigenvalue weighted by atomic mass is 16.2. The van der Waals surface area contributed by atoms with E-state index in [-0.39, 0.29) is 35.4 Å². The van der Waals surface area contributed by atoms with E-state index in [0.29, 0.717) is 24.1 Å². The van der Waals surface area contributed by atoms with E-state index < -0.39 is 0 Å². The van der Waals surface area contributed by atoms with Gasteiger partial charge in [0, 0.05) is 17.9 Å². The normalized spacial score (nSPS) is 23.0. The maximum Gasteiger partial charge on any atom is 0.237 e. The van der Waals surface area contributed by atoms with Gasteiger partial charge in [-0.1, -0.05) is 50.2 Å². The number of imide groups is 1. The molecule has 132 valence electrons. The average Bonchev–Trinajstić information content (AvgIpc) is 2.85. The van der Waals surface area contributed by atoms with Crippen LogP contribution in [0, 0.1) is 11.8 Å². The van der Waals surface area contributed by atoms with Crippen molar-refractivity contribution in [2.75, 3.05) is 4.90 Å². The fraction of sp³-hybridized carbons (Fsp3) is 0.318. The number of rotatable bonds is 4. The van der Waals surface area contributed by atoms with E-state index in [2.05, 4.69) is 19.1 Å². The number of nitrogens with zero attached hydrogens (tertiary/aromatic N) is 1. The second kappa shape index (κ2) is 6.20. The van der Waals surface area contributed by atoms with Gasteiger partial charge in [-0.3, -0.25) is 19.3 Å². The van der Waals surface area contributed by atoms with Crippen molar-refractivity contribution in [3.63, 3.8) is 0 Å². The Labute approximate surface area is 152 Å². The monoisotopic (exact) mass is 347 g/mol. The third-order valence-electron chi connectivity index (χ3n) is 5.73. The van der Waals surface area contributed by atoms with Crippen LogP contribution in [0.1, 0.15) is 47.7 Å². The van der Waals surface area contributed by atoms with Gasteiger partial charge < -0.3 is 0 Å². The second-order valence-corrected chi connectivity index (χ2v) is 7.40. The lowest BCUT2D eigenvalue weighted by atomic mass is 9.85. The first kappa shape index (κ1) is 16.7. The molecule has 1 aliphatic carbocycles. The van der Waals surface area contributed by atoms with E-state index in [4.69, 9.17) is 0 Å². The number of carbonyl (C=O) groups excluding carboxylic acids is 3. The number of anilines is 1. The van der Waals surface area contributed by atoms with E-state index in [1.807, 2.05) is 31.2 Å². The predicted octanol–water partition coefficient (Wildman–Crippen LogP) is 3.74. The zero-order valence-electron chi connectivity index (χ0n) is 14.9. The maximum atomic E-state index is 13.0. The van der Waals surface area contributed by atoms with Gasteiger partial charge in [0.1, 0.15) is 0 Å². The lowest BCUT2D eigenvalue weighted by Gasteiger charge is -2.22. The molecule has 4 nitrogen and oxygen atoms in total. The van der Waals surface area contributed by atoms with E-state index in [9.17, 15) is 14.4 Å². The first-order valence-electron chi connectivity index (χ1n) is 9.06. The topological polar surface area (TPSA) is 54.5 Å². The lowest BCUT2D eigenvalue weighted by Crippen LogP contribution is -2.32. The van der Waals surface area contributed by atoms with Crippen LogP contribution >= 0.6 is 0 Å². The number of benzene rings is 2. The van der Waals surface area contributed by atoms with Gasteiger partial charge in [-0.15, -0.1) is 0 Å². The minimum absolute atomic E-state index is 0.0724. The maximum absolute atomic E-state index is 13.0. The number of hydrogen-bond acceptors (Lipinski definition) is 3. The summed E-state index contributed by atoms with van der Waals surface area (Å²) in [6, 6.07) is 15.4. The van der Waals surface area contributed by atoms with Crippen LogP contribution in [0.3, 0.4) is 0 Å². The molecule has 0 aromatic heterocycles. The summed E-state index contributed by atoms with van der Waals surface area (Å²) in [5.41, 5.74) is 3.32. The molecule has 1 fully saturated rings. The molecule has 4 heteroatoms. The molecule has 0 spiro atoms. The Morgan fingerprint density at radius 3 is 2.46 bits per heavy atom. The molecule has 3 unspecified atom stereocenters. The molecule has 2 aromatic carbocycles. The molecule has 26 heavy (non-hydrogen) atoms. The first-order valence-corrected chi connectivity index (χ1v) is 9.06. The van der Waals surface area contributed by atoms with Gasteiger partial charge >= 0.3 is 0 Å². The number of hydrogen-bond donors (Lipinski definition) is 0. The van der Waals surface area contributed by atoms with Crippen LogP contribution in [0.25, 0.3) is 0 Å². The van der Waals surface area contributed by atoms with Gasteiger partial charge in [0.15, 0.2) is 5.78 Å². The smallest absolute Gasteiger partial charge is 0.237 e. The Kier molecular flexibility index (Phi) is 3.98. The van der Waals surface area contributed by atoms with Crippen LogP contribution in [-0.4, -0.2) is 17.6 Å². The van der Waals surface area contributed by atoms with Gasteiger partial charge in [-0.2, -0.15) is 0 Å². The summed E-state index contributed by atoms with van der Waals surface area (Å²) >= 11 is 0. The Hall–Kier alpha value is -2.75. The molecule has 4 rings (SSSR count). The molecule has 0 bridgehead atoms. The zero-order valence-corrected chi connectivity index (χ0v) is 14.9. The van der Waals surface area contributed by atoms with Gasteiger partial charge in [-0.25, -0.2) is 0 Å². The Balaban J connectivity index is 1.58. The van der Waals surface area contributed by atoms with Gasteiger partial charge in [0.25, 0.3) is 0 Å². The molecule has 0 saturated carbocycles. The van der Waals surface area contributed by atoms with Crippen molar-refractivity contribution in [1.29, 1.82) is 0 Å². The summed E-state index contributed by atoms with van der Waals surface area (Å²) < 4.78 is 0. The van der Waals surface area contributed by atoms with Crippen molar-refractivity contribution in [3.8, 4) is 0 Å². The number of fused-ring (bicyclic) bond motifs is 1. The van der Waals surface area contributed by atoms with E-state index >= 15 is 0 Å². The molecule has 0 N–H and O–H groups in total. The van der Waals surface area contributed by atoms with Crippen LogP contribution in [0.15, 0.2) is 48.5 Å². The third kappa shape index (κ3) is 2.57. The molecule has 2 aromatic rings. The largest absolute Gasteiger partial charge is 0.294 e. The van der Waals surface area contributed by atoms with Crippen molar-refractivity contribution in [2.45, 2.75) is 32.6 Å². The summed E-state index contributed by atoms with van der Waals surface area (Å²) in [6.45, 7) is 3.92. The van der Waals surface area contributed by atoms with Crippen LogP contribution < -0.4 is 4.90 Å². The molecular formula is C22H21NO3. The van der Waals surface area contributed by atoms with Crippen LogP contribution in [0.5, 0.6) is 0 Å². The van der Waals surface area contributed by atoms with Crippen molar-refractivity contribution in [3.05, 3.63) is 65.2 Å². The Morgan fingerprint density at radius 2 is 1.77 bits per heavy atom. The number of ketones is 1. The quantitative estimate of drug-likeness (QED) is 0.792. The highest BCUT2D eigenvalue weighted by molar-refractivity contribution is 6.22. The van der Waals surface area contributed by atoms with Crippen molar-refractivity contribution >= 4 is 23.3 Å². The minimum atomic E-state index is -0.351. The van der Waals surface area contributed by atoms with Crippen LogP contribution in [0.2, 0.25) is 0 Å². The van der Waals surface area contributed by atoms with Gasteiger partial charge in [0.2, 0.25) is 11.8 Å². The summed E-state index contributed by atoms with van der Waals surface area (Å²) in [5.74, 6) is -0.749. The number of amides is 2. The summed E-state index contributed by atoms with van der Waals surface area (Å²) in [6.07, 6.45) is 1.08. The summed E-state index contributed by atoms with van der Waals surface area (Å²) in [7, 11) is 0. The Bertz CT molecular complexity index is 903. The SMILES string of the molecule is CC(CC1C(=O)N(c2ccc3c(c2)C(=O)C3)C(=O)C1C)c1ccccc1. The number of Topliss-reactive ketones (excluding diaryl/α,β-unsaturated/α-hetero) is 1. The molecule has 2 aliphatic rings. The van der Waals surface area contributed by atoms with E-state index in [1.54, 1.807) is 12.1 Å². The number of carbonyl (C=O) groups is 3. The molecule has 1 aliphatic heterocycles. The predicted molar refractivity (Wildman–Crippen MR) is 99.1 cm³/mol. The average molecular weight is 347 g/mol. The second-order valence-electron chi connectivity index (χ2n) is 7.40. The van der Waals surface area contributed by atoms with Gasteiger partial charge in [-0.05, 0) is 35.6 Å². The lowest BCUT2D eigenvalue weighted by molar-refractivity contribution is -0.122. The molecule has 1 saturated heterocycles. The van der Waals surface area contributed by atoms with Crippen molar-refractivity contribution in [1.82, 2.24) is 0 Å². The summed E-state index contributed by atoms with van der Waals surface area (Å²) in [5, 5.41) is 0. The first-order chi connectivity index (χ1) is 12.5. The molecule has 0 radical (unpaired) electrons. The highest BCUT2D eigenvalue weighted by Crippen LogP contribution is 2.38. The summed E-state index contributed by atoms with van der Waals surface area (Å²) in [4.78, 5) is 38.7. The zero-order chi connectivity index (χ0) is 18.4. The Morgan fingerprint density at radius 1 is 1.04 bits per heavy atom. The molecule has 3 atom stereocenters. The fourth-order valence-electron chi connectivity index (χ4n) is 4.00. The van der Waals surface area contributed by atoms with Crippen molar-refractivity contribution in [2.24, 2.45) is 11.8 Å². The van der Waals surface area contributed by atoms with Crippen LogP contribution in [-0.2, 0) is 16.0 Å². The van der Waals surface area contributed by atoms with Crippen molar-refractivity contribution < 1.29 is 14.4 Å². The van der Waals surface area contributed by atoms with Gasteiger partial charge in [0.05, 0.1) is 11.6 Å². The third-order valence-corrected chi connectivity index (χ3v) is 5.73. The molecule has 1 heterocycles. The van der Waals surface area contributed by atoms with E-state index in [1.165, 1.54) is 10.5 Å². The highest BCUT2D eigenvalue weighted by Gasteiger charge is 2.46. The molecular weight excluding hydrogens is 326 g/mol. The van der Waals surface area contributed by atoms with Crippen LogP contribution in [0.4, 0.5) is 5.69 Å².